The second-order valence-corrected chi connectivity index (χ2v) is 5.97. The summed E-state index contributed by atoms with van der Waals surface area (Å²) in [5.41, 5.74) is 0.713. The van der Waals surface area contributed by atoms with Crippen LogP contribution in [-0.4, -0.2) is 6.66 Å². The molecule has 1 atom stereocenters. The molecule has 0 bridgehead atoms. The molecule has 2 rings (SSSR count). The summed E-state index contributed by atoms with van der Waals surface area (Å²) in [6.07, 6.45) is 0. The summed E-state index contributed by atoms with van der Waals surface area (Å²) in [5.74, 6) is 0.00923. The number of para-hydroxylation sites is 1. The van der Waals surface area contributed by atoms with Crippen LogP contribution in [0.15, 0.2) is 54.6 Å². The first-order valence-electron chi connectivity index (χ1n) is 5.41. The summed E-state index contributed by atoms with van der Waals surface area (Å²) in [7, 11) is -3.02. The molecule has 0 aliphatic heterocycles. The van der Waals surface area contributed by atoms with Gasteiger partial charge in [0.15, 0.2) is 0 Å². The Bertz CT molecular complexity index is 557. The average molecular weight is 265 g/mol. The molecular weight excluding hydrogens is 252 g/mol. The number of hydrogen-bond donors (Lipinski definition) is 1. The zero-order chi connectivity index (χ0) is 13.0. The van der Waals surface area contributed by atoms with Crippen LogP contribution in [0, 0.1) is 5.82 Å². The van der Waals surface area contributed by atoms with E-state index in [1.807, 2.05) is 18.2 Å². The molecule has 94 valence electrons. The average Bonchev–Trinajstić information content (AvgIpc) is 2.32. The molecule has 0 aliphatic carbocycles. The molecule has 0 spiro atoms. The van der Waals surface area contributed by atoms with E-state index in [4.69, 9.17) is 4.52 Å². The van der Waals surface area contributed by atoms with Crippen molar-refractivity contribution in [2.75, 3.05) is 11.8 Å². The molecule has 0 radical (unpaired) electrons. The van der Waals surface area contributed by atoms with Crippen LogP contribution in [0.4, 0.5) is 10.1 Å². The topological polar surface area (TPSA) is 38.3 Å². The van der Waals surface area contributed by atoms with Crippen LogP contribution in [0.5, 0.6) is 5.75 Å². The summed E-state index contributed by atoms with van der Waals surface area (Å²) in [6.45, 7) is 1.48. The number of rotatable bonds is 4. The Morgan fingerprint density at radius 2 is 1.67 bits per heavy atom. The Labute approximate surface area is 105 Å². The van der Waals surface area contributed by atoms with Gasteiger partial charge in [-0.05, 0) is 36.4 Å². The van der Waals surface area contributed by atoms with Crippen molar-refractivity contribution in [3.63, 3.8) is 0 Å². The molecule has 18 heavy (non-hydrogen) atoms. The number of halogens is 1. The Morgan fingerprint density at radius 1 is 1.06 bits per heavy atom. The minimum atomic E-state index is -3.02. The molecule has 5 heteroatoms. The molecule has 2 aromatic carbocycles. The van der Waals surface area contributed by atoms with Gasteiger partial charge in [0.1, 0.15) is 11.6 Å². The SMILES string of the molecule is C[P@](=O)(Nc1ccccc1)Oc1ccc(F)cc1. The van der Waals surface area contributed by atoms with E-state index in [1.165, 1.54) is 30.9 Å². The fraction of sp³-hybridized carbons (Fsp3) is 0.0769. The van der Waals surface area contributed by atoms with E-state index in [0.29, 0.717) is 11.4 Å². The summed E-state index contributed by atoms with van der Waals surface area (Å²) in [4.78, 5) is 0. The molecule has 0 aliphatic rings. The van der Waals surface area contributed by atoms with E-state index in [2.05, 4.69) is 5.09 Å². The highest BCUT2D eigenvalue weighted by atomic mass is 31.2. The maximum atomic E-state index is 12.7. The lowest BCUT2D eigenvalue weighted by Gasteiger charge is -2.17. The number of anilines is 1. The first kappa shape index (κ1) is 12.7. The van der Waals surface area contributed by atoms with Gasteiger partial charge in [-0.3, -0.25) is 4.57 Å². The smallest absolute Gasteiger partial charge is 0.338 e. The van der Waals surface area contributed by atoms with Gasteiger partial charge in [-0.25, -0.2) is 4.39 Å². The number of nitrogens with one attached hydrogen (secondary N) is 1. The van der Waals surface area contributed by atoms with Crippen LogP contribution in [0.2, 0.25) is 0 Å². The van der Waals surface area contributed by atoms with Gasteiger partial charge in [0.25, 0.3) is 0 Å². The maximum absolute atomic E-state index is 12.7. The lowest BCUT2D eigenvalue weighted by molar-refractivity contribution is 0.492. The lowest BCUT2D eigenvalue weighted by Crippen LogP contribution is -2.01. The molecular formula is C13H13FNO2P. The van der Waals surface area contributed by atoms with Gasteiger partial charge >= 0.3 is 7.52 Å². The maximum Gasteiger partial charge on any atom is 0.338 e. The Morgan fingerprint density at radius 3 is 2.28 bits per heavy atom. The largest absolute Gasteiger partial charge is 0.429 e. The summed E-state index contributed by atoms with van der Waals surface area (Å²) < 4.78 is 30.3. The van der Waals surface area contributed by atoms with Crippen molar-refractivity contribution >= 4 is 13.2 Å². The summed E-state index contributed by atoms with van der Waals surface area (Å²) in [6, 6.07) is 14.5. The van der Waals surface area contributed by atoms with Crippen LogP contribution >= 0.6 is 7.52 Å². The molecule has 0 saturated carbocycles. The first-order valence-corrected chi connectivity index (χ1v) is 7.48. The second kappa shape index (κ2) is 5.23. The van der Waals surface area contributed by atoms with Gasteiger partial charge in [0, 0.05) is 12.4 Å². The second-order valence-electron chi connectivity index (χ2n) is 3.87. The third-order valence-electron chi connectivity index (χ3n) is 2.20. The van der Waals surface area contributed by atoms with Gasteiger partial charge in [0.05, 0.1) is 0 Å². The molecule has 0 unspecified atom stereocenters. The minimum Gasteiger partial charge on any atom is -0.429 e. The first-order chi connectivity index (χ1) is 8.55. The highest BCUT2D eigenvalue weighted by Crippen LogP contribution is 2.43. The molecule has 0 fully saturated rings. The standard InChI is InChI=1S/C13H13FNO2P/c1-18(16,15-12-5-3-2-4-6-12)17-13-9-7-11(14)8-10-13/h2-10H,1H3,(H,15,16)/t18-/m1/s1. The monoisotopic (exact) mass is 265 g/mol. The normalized spacial score (nSPS) is 13.7. The van der Waals surface area contributed by atoms with Crippen LogP contribution in [0.25, 0.3) is 0 Å². The van der Waals surface area contributed by atoms with E-state index in [1.54, 1.807) is 12.1 Å². The van der Waals surface area contributed by atoms with Crippen LogP contribution in [0.3, 0.4) is 0 Å². The van der Waals surface area contributed by atoms with Crippen molar-refractivity contribution in [1.82, 2.24) is 0 Å². The van der Waals surface area contributed by atoms with Crippen molar-refractivity contribution in [2.24, 2.45) is 0 Å². The fourth-order valence-corrected chi connectivity index (χ4v) is 2.65. The van der Waals surface area contributed by atoms with E-state index < -0.39 is 7.52 Å². The van der Waals surface area contributed by atoms with E-state index >= 15 is 0 Å². The minimum absolute atomic E-state index is 0.357. The molecule has 0 heterocycles. The van der Waals surface area contributed by atoms with Crippen molar-refractivity contribution in [3.8, 4) is 5.75 Å². The molecule has 0 amide bonds. The van der Waals surface area contributed by atoms with Gasteiger partial charge < -0.3 is 9.61 Å². The summed E-state index contributed by atoms with van der Waals surface area (Å²) in [5, 5.41) is 2.82. The van der Waals surface area contributed by atoms with Gasteiger partial charge in [-0.2, -0.15) is 0 Å². The number of hydrogen-bond acceptors (Lipinski definition) is 2. The summed E-state index contributed by atoms with van der Waals surface area (Å²) >= 11 is 0. The van der Waals surface area contributed by atoms with E-state index in [-0.39, 0.29) is 5.82 Å². The molecule has 2 aromatic rings. The Balaban J connectivity index is 2.08. The van der Waals surface area contributed by atoms with Crippen LogP contribution in [0.1, 0.15) is 0 Å². The fourth-order valence-electron chi connectivity index (χ4n) is 1.47. The van der Waals surface area contributed by atoms with E-state index in [9.17, 15) is 8.96 Å². The molecule has 1 N–H and O–H groups in total. The zero-order valence-electron chi connectivity index (χ0n) is 9.84. The molecule has 3 nitrogen and oxygen atoms in total. The van der Waals surface area contributed by atoms with Crippen LogP contribution < -0.4 is 9.61 Å². The molecule has 0 saturated heterocycles. The third kappa shape index (κ3) is 3.60. The van der Waals surface area contributed by atoms with Crippen molar-refractivity contribution < 1.29 is 13.5 Å². The quantitative estimate of drug-likeness (QED) is 0.844. The zero-order valence-corrected chi connectivity index (χ0v) is 10.7. The Kier molecular flexibility index (Phi) is 3.68. The van der Waals surface area contributed by atoms with E-state index in [0.717, 1.165) is 0 Å². The van der Waals surface area contributed by atoms with Gasteiger partial charge in [-0.15, -0.1) is 0 Å². The predicted molar refractivity (Wildman–Crippen MR) is 70.6 cm³/mol. The number of benzene rings is 2. The van der Waals surface area contributed by atoms with Crippen molar-refractivity contribution in [3.05, 3.63) is 60.4 Å². The van der Waals surface area contributed by atoms with Gasteiger partial charge in [-0.1, -0.05) is 18.2 Å². The molecule has 0 aromatic heterocycles. The lowest BCUT2D eigenvalue weighted by atomic mass is 10.3. The highest BCUT2D eigenvalue weighted by Gasteiger charge is 2.17. The van der Waals surface area contributed by atoms with Crippen molar-refractivity contribution in [2.45, 2.75) is 0 Å². The van der Waals surface area contributed by atoms with Gasteiger partial charge in [0.2, 0.25) is 0 Å². The predicted octanol–water partition coefficient (Wildman–Crippen LogP) is 4.14. The highest BCUT2D eigenvalue weighted by molar-refractivity contribution is 7.60. The third-order valence-corrected chi connectivity index (χ3v) is 3.42. The Hall–Kier alpha value is -1.80. The van der Waals surface area contributed by atoms with Crippen LogP contribution in [-0.2, 0) is 4.57 Å². The van der Waals surface area contributed by atoms with Crippen molar-refractivity contribution in [1.29, 1.82) is 0 Å².